The second-order valence-corrected chi connectivity index (χ2v) is 6.76. The Kier molecular flexibility index (Phi) is 6.87. The van der Waals surface area contributed by atoms with Crippen molar-refractivity contribution in [3.05, 3.63) is 29.8 Å². The van der Waals surface area contributed by atoms with Crippen LogP contribution in [0.25, 0.3) is 0 Å². The Morgan fingerprint density at radius 3 is 2.38 bits per heavy atom. The molecule has 1 atom stereocenters. The number of piperazine rings is 1. The first-order valence-corrected chi connectivity index (χ1v) is 8.85. The smallest absolute Gasteiger partial charge is 0.407 e. The van der Waals surface area contributed by atoms with Gasteiger partial charge in [0.1, 0.15) is 32.2 Å². The number of rotatable bonds is 6. The minimum absolute atomic E-state index is 0.263. The summed E-state index contributed by atoms with van der Waals surface area (Å²) in [6.45, 7) is 7.41. The topological polar surface area (TPSA) is 50.4 Å². The fraction of sp³-hybridized carbons (Fsp3) is 0.611. The number of nitrogens with one attached hydrogen (secondary N) is 3. The van der Waals surface area contributed by atoms with Gasteiger partial charge in [-0.15, -0.1) is 0 Å². The monoisotopic (exact) mass is 336 g/mol. The third kappa shape index (κ3) is 5.11. The molecule has 1 fully saturated rings. The number of benzene rings is 1. The van der Waals surface area contributed by atoms with Crippen molar-refractivity contribution in [3.63, 3.8) is 0 Å². The first kappa shape index (κ1) is 18.5. The van der Waals surface area contributed by atoms with Crippen molar-refractivity contribution >= 4 is 11.8 Å². The quantitative estimate of drug-likeness (QED) is 0.622. The highest BCUT2D eigenvalue weighted by Gasteiger charge is 2.29. The van der Waals surface area contributed by atoms with Gasteiger partial charge in [0.15, 0.2) is 0 Å². The van der Waals surface area contributed by atoms with Gasteiger partial charge in [0, 0.05) is 25.3 Å². The van der Waals surface area contributed by atoms with Gasteiger partial charge in [-0.1, -0.05) is 12.1 Å². The van der Waals surface area contributed by atoms with Crippen LogP contribution in [-0.4, -0.2) is 66.6 Å². The summed E-state index contributed by atoms with van der Waals surface area (Å²) in [6, 6.07) is 8.93. The number of likely N-dealkylation sites (N-methyl/N-ethyl adjacent to an activating group) is 1. The Bertz CT molecular complexity index is 510. The maximum absolute atomic E-state index is 11.7. The molecule has 1 aliphatic heterocycles. The number of anilines is 1. The molecule has 0 aromatic heterocycles. The molecule has 1 amide bonds. The molecular formula is C18H32N4O2+2. The lowest BCUT2D eigenvalue weighted by Gasteiger charge is -2.33. The van der Waals surface area contributed by atoms with Crippen molar-refractivity contribution in [1.29, 1.82) is 0 Å². The lowest BCUT2D eigenvalue weighted by Crippen LogP contribution is -3.27. The van der Waals surface area contributed by atoms with Crippen molar-refractivity contribution in [1.82, 2.24) is 5.32 Å². The van der Waals surface area contributed by atoms with Crippen LogP contribution >= 0.6 is 0 Å². The predicted octanol–water partition coefficient (Wildman–Crippen LogP) is -1.05. The van der Waals surface area contributed by atoms with E-state index >= 15 is 0 Å². The maximum Gasteiger partial charge on any atom is 0.407 e. The molecule has 0 unspecified atom stereocenters. The number of carbonyl (C=O) groups is 1. The third-order valence-electron chi connectivity index (χ3n) is 4.78. The number of ether oxygens (including phenoxy) is 1. The van der Waals surface area contributed by atoms with Crippen LogP contribution in [0, 0.1) is 0 Å². The molecule has 6 heteroatoms. The fourth-order valence-electron chi connectivity index (χ4n) is 3.22. The van der Waals surface area contributed by atoms with Crippen LogP contribution in [0.2, 0.25) is 0 Å². The van der Waals surface area contributed by atoms with Crippen LogP contribution in [0.5, 0.6) is 0 Å². The van der Waals surface area contributed by atoms with Gasteiger partial charge in [0.25, 0.3) is 0 Å². The summed E-state index contributed by atoms with van der Waals surface area (Å²) >= 11 is 0. The van der Waals surface area contributed by atoms with Crippen LogP contribution in [0.1, 0.15) is 18.5 Å². The van der Waals surface area contributed by atoms with E-state index in [0.29, 0.717) is 13.2 Å². The Morgan fingerprint density at radius 1 is 1.21 bits per heavy atom. The minimum Gasteiger partial charge on any atom is -0.450 e. The molecule has 24 heavy (non-hydrogen) atoms. The zero-order chi connectivity index (χ0) is 17.5. The summed E-state index contributed by atoms with van der Waals surface area (Å²) < 4.78 is 5.01. The van der Waals surface area contributed by atoms with Gasteiger partial charge in [-0.05, 0) is 19.1 Å². The average molecular weight is 336 g/mol. The summed E-state index contributed by atoms with van der Waals surface area (Å²) in [4.78, 5) is 16.9. The molecule has 0 saturated carbocycles. The number of quaternary nitrogens is 2. The van der Waals surface area contributed by atoms with Crippen LogP contribution in [0.15, 0.2) is 24.3 Å². The Balaban J connectivity index is 2.10. The number of hydrogen-bond donors (Lipinski definition) is 3. The molecule has 1 aromatic rings. The zero-order valence-electron chi connectivity index (χ0n) is 15.4. The lowest BCUT2D eigenvalue weighted by molar-refractivity contribution is -1.02. The Labute approximate surface area is 145 Å². The number of carbonyl (C=O) groups excluding carboxylic acids is 1. The molecule has 1 saturated heterocycles. The van der Waals surface area contributed by atoms with Gasteiger partial charge in [-0.2, -0.15) is 0 Å². The van der Waals surface area contributed by atoms with Gasteiger partial charge in [-0.3, -0.25) is 0 Å². The van der Waals surface area contributed by atoms with Crippen LogP contribution in [-0.2, 0) is 4.74 Å². The van der Waals surface area contributed by atoms with Crippen LogP contribution in [0.3, 0.4) is 0 Å². The largest absolute Gasteiger partial charge is 0.450 e. The van der Waals surface area contributed by atoms with E-state index in [-0.39, 0.29) is 12.1 Å². The van der Waals surface area contributed by atoms with Gasteiger partial charge in [-0.25, -0.2) is 4.79 Å². The first-order chi connectivity index (χ1) is 11.5. The van der Waals surface area contributed by atoms with E-state index < -0.39 is 0 Å². The number of amides is 1. The van der Waals surface area contributed by atoms with Crippen molar-refractivity contribution in [2.24, 2.45) is 0 Å². The van der Waals surface area contributed by atoms with Crippen LogP contribution < -0.4 is 20.0 Å². The van der Waals surface area contributed by atoms with Crippen LogP contribution in [0.4, 0.5) is 10.5 Å². The highest BCUT2D eigenvalue weighted by Crippen LogP contribution is 2.16. The molecule has 134 valence electrons. The summed E-state index contributed by atoms with van der Waals surface area (Å²) in [5.74, 6) is 0. The summed E-state index contributed by atoms with van der Waals surface area (Å²) in [6.07, 6.45) is -0.327. The summed E-state index contributed by atoms with van der Waals surface area (Å²) in [7, 11) is 6.33. The fourth-order valence-corrected chi connectivity index (χ4v) is 3.22. The highest BCUT2D eigenvalue weighted by atomic mass is 16.5. The molecule has 6 nitrogen and oxygen atoms in total. The second-order valence-electron chi connectivity index (χ2n) is 6.76. The third-order valence-corrected chi connectivity index (χ3v) is 4.78. The van der Waals surface area contributed by atoms with E-state index in [4.69, 9.17) is 4.74 Å². The van der Waals surface area contributed by atoms with Gasteiger partial charge in [0.05, 0.1) is 20.2 Å². The number of hydrogen-bond acceptors (Lipinski definition) is 3. The lowest BCUT2D eigenvalue weighted by atomic mass is 10.0. The van der Waals surface area contributed by atoms with Crippen molar-refractivity contribution in [2.45, 2.75) is 13.0 Å². The summed E-state index contributed by atoms with van der Waals surface area (Å²) in [5.41, 5.74) is 2.46. The first-order valence-electron chi connectivity index (χ1n) is 8.85. The van der Waals surface area contributed by atoms with Gasteiger partial charge >= 0.3 is 6.09 Å². The molecule has 0 bridgehead atoms. The standard InChI is InChI=1S/C18H30N4O2/c1-5-24-18(23)19-14-17(22-12-10-21(4)11-13-22)15-6-8-16(9-7-15)20(2)3/h6-9,17H,5,10-14H2,1-4H3,(H,19,23)/p+2/t17-/m1/s1. The Morgan fingerprint density at radius 2 is 1.83 bits per heavy atom. The molecule has 3 N–H and O–H groups in total. The second kappa shape index (κ2) is 8.89. The molecular weight excluding hydrogens is 304 g/mol. The molecule has 0 aliphatic carbocycles. The SMILES string of the molecule is CCOC(=O)NC[C@H](c1ccc(N(C)C)cc1)[NH+]1CC[NH+](C)CC1. The highest BCUT2D eigenvalue weighted by molar-refractivity contribution is 5.67. The minimum atomic E-state index is -0.327. The molecule has 0 radical (unpaired) electrons. The molecule has 0 spiro atoms. The maximum atomic E-state index is 11.7. The van der Waals surface area contributed by atoms with Gasteiger partial charge < -0.3 is 24.8 Å². The number of nitrogens with zero attached hydrogens (tertiary/aromatic N) is 1. The molecule has 2 rings (SSSR count). The van der Waals surface area contributed by atoms with E-state index in [9.17, 15) is 4.79 Å². The summed E-state index contributed by atoms with van der Waals surface area (Å²) in [5, 5.41) is 2.93. The van der Waals surface area contributed by atoms with E-state index in [2.05, 4.69) is 41.5 Å². The molecule has 1 heterocycles. The predicted molar refractivity (Wildman–Crippen MR) is 95.9 cm³/mol. The van der Waals surface area contributed by atoms with E-state index in [0.717, 1.165) is 13.1 Å². The zero-order valence-corrected chi connectivity index (χ0v) is 15.4. The molecule has 1 aliphatic rings. The van der Waals surface area contributed by atoms with E-state index in [1.165, 1.54) is 29.2 Å². The number of alkyl carbamates (subject to hydrolysis) is 1. The van der Waals surface area contributed by atoms with Crippen molar-refractivity contribution < 1.29 is 19.3 Å². The van der Waals surface area contributed by atoms with Crippen molar-refractivity contribution in [3.8, 4) is 0 Å². The van der Waals surface area contributed by atoms with E-state index in [1.807, 2.05) is 21.0 Å². The average Bonchev–Trinajstić information content (AvgIpc) is 2.57. The Hall–Kier alpha value is -1.79. The van der Waals surface area contributed by atoms with Crippen molar-refractivity contribution in [2.75, 3.05) is 65.4 Å². The van der Waals surface area contributed by atoms with Gasteiger partial charge in [0.2, 0.25) is 0 Å². The molecule has 1 aromatic carbocycles. The normalized spacial score (nSPS) is 21.8. The van der Waals surface area contributed by atoms with E-state index in [1.54, 1.807) is 4.90 Å².